The molecule has 0 aliphatic heterocycles. The number of fused-ring (bicyclic) bond motifs is 1. The zero-order valence-corrected chi connectivity index (χ0v) is 14.1. The Kier molecular flexibility index (Phi) is 4.73. The van der Waals surface area contributed by atoms with Crippen LogP contribution in [-0.2, 0) is 27.5 Å². The van der Waals surface area contributed by atoms with E-state index in [-0.39, 0.29) is 24.1 Å². The van der Waals surface area contributed by atoms with Gasteiger partial charge < -0.3 is 11.1 Å². The maximum atomic E-state index is 12.4. The van der Waals surface area contributed by atoms with Crippen molar-refractivity contribution in [1.29, 1.82) is 0 Å². The van der Waals surface area contributed by atoms with Gasteiger partial charge in [-0.1, -0.05) is 6.07 Å². The molecule has 3 rings (SSSR count). The van der Waals surface area contributed by atoms with Crippen molar-refractivity contribution in [2.75, 3.05) is 12.3 Å². The first-order chi connectivity index (χ1) is 11.0. The Bertz CT molecular complexity index is 696. The normalized spacial score (nSPS) is 18.5. The second-order valence-electron chi connectivity index (χ2n) is 6.66. The lowest BCUT2D eigenvalue weighted by molar-refractivity contribution is -0.120. The van der Waals surface area contributed by atoms with Gasteiger partial charge in [0, 0.05) is 19.0 Å². The fourth-order valence-corrected chi connectivity index (χ4v) is 4.38. The van der Waals surface area contributed by atoms with Gasteiger partial charge in [0.1, 0.15) is 0 Å². The van der Waals surface area contributed by atoms with Crippen molar-refractivity contribution < 1.29 is 13.2 Å². The standard InChI is InChI=1S/C17H24N2O3S/c18-16(13-4-5-13)11-19-17(20)8-9-23(21,22)15-7-6-12-2-1-3-14(12)10-15/h6-7,10,13,16H,1-5,8-9,11,18H2,(H,19,20). The number of carbonyl (C=O) groups is 1. The number of hydrogen-bond acceptors (Lipinski definition) is 4. The summed E-state index contributed by atoms with van der Waals surface area (Å²) in [5.41, 5.74) is 8.30. The first kappa shape index (κ1) is 16.5. The van der Waals surface area contributed by atoms with Crippen LogP contribution < -0.4 is 11.1 Å². The lowest BCUT2D eigenvalue weighted by atomic mass is 10.1. The van der Waals surface area contributed by atoms with Crippen molar-refractivity contribution in [3.8, 4) is 0 Å². The Labute approximate surface area is 137 Å². The second kappa shape index (κ2) is 6.61. The van der Waals surface area contributed by atoms with Crippen LogP contribution in [-0.4, -0.2) is 32.7 Å². The fourth-order valence-electron chi connectivity index (χ4n) is 3.10. The van der Waals surface area contributed by atoms with E-state index >= 15 is 0 Å². The predicted molar refractivity (Wildman–Crippen MR) is 88.8 cm³/mol. The molecular weight excluding hydrogens is 312 g/mol. The van der Waals surface area contributed by atoms with Crippen LogP contribution in [0.3, 0.4) is 0 Å². The first-order valence-electron chi connectivity index (χ1n) is 8.32. The molecule has 2 aliphatic carbocycles. The van der Waals surface area contributed by atoms with Gasteiger partial charge >= 0.3 is 0 Å². The molecule has 1 atom stereocenters. The Morgan fingerprint density at radius 3 is 2.74 bits per heavy atom. The summed E-state index contributed by atoms with van der Waals surface area (Å²) in [6, 6.07) is 5.34. The van der Waals surface area contributed by atoms with Gasteiger partial charge in [-0.2, -0.15) is 0 Å². The predicted octanol–water partition coefficient (Wildman–Crippen LogP) is 1.19. The van der Waals surface area contributed by atoms with E-state index in [4.69, 9.17) is 5.73 Å². The molecule has 1 unspecified atom stereocenters. The molecule has 0 saturated heterocycles. The summed E-state index contributed by atoms with van der Waals surface area (Å²) in [5, 5.41) is 2.74. The highest BCUT2D eigenvalue weighted by Crippen LogP contribution is 2.31. The van der Waals surface area contributed by atoms with E-state index in [1.54, 1.807) is 12.1 Å². The quantitative estimate of drug-likeness (QED) is 0.783. The molecule has 0 bridgehead atoms. The van der Waals surface area contributed by atoms with Crippen LogP contribution >= 0.6 is 0 Å². The molecule has 1 aromatic rings. The molecule has 1 amide bonds. The summed E-state index contributed by atoms with van der Waals surface area (Å²) in [4.78, 5) is 12.2. The van der Waals surface area contributed by atoms with E-state index in [0.717, 1.165) is 37.7 Å². The van der Waals surface area contributed by atoms with Crippen molar-refractivity contribution in [2.45, 2.75) is 49.5 Å². The number of aryl methyl sites for hydroxylation is 2. The highest BCUT2D eigenvalue weighted by Gasteiger charge is 2.28. The number of nitrogens with two attached hydrogens (primary N) is 1. The Balaban J connectivity index is 1.52. The van der Waals surface area contributed by atoms with Crippen molar-refractivity contribution in [2.24, 2.45) is 11.7 Å². The van der Waals surface area contributed by atoms with Crippen LogP contribution in [0.2, 0.25) is 0 Å². The molecule has 6 heteroatoms. The molecule has 0 aromatic heterocycles. The van der Waals surface area contributed by atoms with Crippen LogP contribution in [0.5, 0.6) is 0 Å². The van der Waals surface area contributed by atoms with Gasteiger partial charge in [-0.05, 0) is 61.3 Å². The molecular formula is C17H24N2O3S. The molecule has 1 aromatic carbocycles. The van der Waals surface area contributed by atoms with Crippen LogP contribution in [0.15, 0.2) is 23.1 Å². The number of rotatable bonds is 7. The topological polar surface area (TPSA) is 89.3 Å². The number of carbonyl (C=O) groups excluding carboxylic acids is 1. The van der Waals surface area contributed by atoms with Crippen LogP contribution in [0.25, 0.3) is 0 Å². The number of benzene rings is 1. The monoisotopic (exact) mass is 336 g/mol. The third kappa shape index (κ3) is 4.12. The molecule has 1 saturated carbocycles. The number of sulfone groups is 1. The van der Waals surface area contributed by atoms with Gasteiger partial charge in [0.25, 0.3) is 0 Å². The van der Waals surface area contributed by atoms with E-state index in [2.05, 4.69) is 5.32 Å². The van der Waals surface area contributed by atoms with E-state index in [1.165, 1.54) is 5.56 Å². The van der Waals surface area contributed by atoms with Gasteiger partial charge in [-0.25, -0.2) is 8.42 Å². The molecule has 0 heterocycles. The summed E-state index contributed by atoms with van der Waals surface area (Å²) in [6.07, 6.45) is 5.30. The summed E-state index contributed by atoms with van der Waals surface area (Å²) in [6.45, 7) is 0.433. The number of amides is 1. The van der Waals surface area contributed by atoms with Gasteiger partial charge in [-0.15, -0.1) is 0 Å². The lowest BCUT2D eigenvalue weighted by Crippen LogP contribution is -2.39. The van der Waals surface area contributed by atoms with E-state index in [0.29, 0.717) is 17.4 Å². The van der Waals surface area contributed by atoms with Crippen molar-refractivity contribution in [1.82, 2.24) is 5.32 Å². The smallest absolute Gasteiger partial charge is 0.221 e. The van der Waals surface area contributed by atoms with Gasteiger partial charge in [-0.3, -0.25) is 4.79 Å². The van der Waals surface area contributed by atoms with Gasteiger partial charge in [0.2, 0.25) is 5.91 Å². The average Bonchev–Trinajstić information content (AvgIpc) is 3.28. The van der Waals surface area contributed by atoms with Crippen LogP contribution in [0.1, 0.15) is 36.8 Å². The minimum atomic E-state index is -3.41. The van der Waals surface area contributed by atoms with Crippen molar-refractivity contribution in [3.63, 3.8) is 0 Å². The second-order valence-corrected chi connectivity index (χ2v) is 8.77. The van der Waals surface area contributed by atoms with Crippen molar-refractivity contribution in [3.05, 3.63) is 29.3 Å². The van der Waals surface area contributed by atoms with Crippen LogP contribution in [0.4, 0.5) is 0 Å². The maximum absolute atomic E-state index is 12.4. The lowest BCUT2D eigenvalue weighted by Gasteiger charge is -2.12. The molecule has 3 N–H and O–H groups in total. The van der Waals surface area contributed by atoms with E-state index < -0.39 is 9.84 Å². The minimum Gasteiger partial charge on any atom is -0.355 e. The molecule has 0 spiro atoms. The average molecular weight is 336 g/mol. The van der Waals surface area contributed by atoms with Crippen molar-refractivity contribution >= 4 is 15.7 Å². The number of nitrogens with one attached hydrogen (secondary N) is 1. The zero-order chi connectivity index (χ0) is 16.4. The number of hydrogen-bond donors (Lipinski definition) is 2. The molecule has 1 fully saturated rings. The first-order valence-corrected chi connectivity index (χ1v) is 9.98. The minimum absolute atomic E-state index is 0.00716. The molecule has 126 valence electrons. The van der Waals surface area contributed by atoms with Crippen LogP contribution in [0, 0.1) is 5.92 Å². The largest absolute Gasteiger partial charge is 0.355 e. The molecule has 2 aliphatic rings. The molecule has 0 radical (unpaired) electrons. The Hall–Kier alpha value is -1.40. The summed E-state index contributed by atoms with van der Waals surface area (Å²) < 4.78 is 24.8. The third-order valence-corrected chi connectivity index (χ3v) is 6.50. The fraction of sp³-hybridized carbons (Fsp3) is 0.588. The Morgan fingerprint density at radius 2 is 2.00 bits per heavy atom. The van der Waals surface area contributed by atoms with Gasteiger partial charge in [0.05, 0.1) is 10.6 Å². The summed E-state index contributed by atoms with van der Waals surface area (Å²) in [7, 11) is -3.41. The third-order valence-electron chi connectivity index (χ3n) is 4.79. The maximum Gasteiger partial charge on any atom is 0.221 e. The molecule has 5 nitrogen and oxygen atoms in total. The van der Waals surface area contributed by atoms with Gasteiger partial charge in [0.15, 0.2) is 9.84 Å². The summed E-state index contributed by atoms with van der Waals surface area (Å²) >= 11 is 0. The Morgan fingerprint density at radius 1 is 1.26 bits per heavy atom. The van der Waals surface area contributed by atoms with E-state index in [1.807, 2.05) is 6.07 Å². The highest BCUT2D eigenvalue weighted by atomic mass is 32.2. The SMILES string of the molecule is NC(CNC(=O)CCS(=O)(=O)c1ccc2c(c1)CCC2)C1CC1. The highest BCUT2D eigenvalue weighted by molar-refractivity contribution is 7.91. The van der Waals surface area contributed by atoms with E-state index in [9.17, 15) is 13.2 Å². The summed E-state index contributed by atoms with van der Waals surface area (Å²) in [5.74, 6) is 0.118. The molecule has 23 heavy (non-hydrogen) atoms. The zero-order valence-electron chi connectivity index (χ0n) is 13.3.